The van der Waals surface area contributed by atoms with E-state index in [1.807, 2.05) is 11.4 Å². The lowest BCUT2D eigenvalue weighted by atomic mass is 10.2. The fraction of sp³-hybridized carbons (Fsp3) is 0.176. The summed E-state index contributed by atoms with van der Waals surface area (Å²) in [6.07, 6.45) is 0.257. The van der Waals surface area contributed by atoms with Crippen molar-refractivity contribution in [3.8, 4) is 5.69 Å². The van der Waals surface area contributed by atoms with Crippen molar-refractivity contribution in [1.82, 2.24) is 14.9 Å². The molecule has 0 fully saturated rings. The maximum absolute atomic E-state index is 13.7. The van der Waals surface area contributed by atoms with Gasteiger partial charge in [0.05, 0.1) is 17.4 Å². The van der Waals surface area contributed by atoms with Gasteiger partial charge in [0.15, 0.2) is 5.13 Å². The van der Waals surface area contributed by atoms with Crippen molar-refractivity contribution in [2.45, 2.75) is 20.0 Å². The van der Waals surface area contributed by atoms with Crippen LogP contribution in [0.15, 0.2) is 24.4 Å². The van der Waals surface area contributed by atoms with Crippen molar-refractivity contribution in [2.24, 2.45) is 0 Å². The van der Waals surface area contributed by atoms with Gasteiger partial charge in [0.25, 0.3) is 11.8 Å². The van der Waals surface area contributed by atoms with E-state index in [2.05, 4.69) is 10.3 Å². The topological polar surface area (TPSA) is 102 Å². The van der Waals surface area contributed by atoms with Crippen molar-refractivity contribution in [2.75, 3.05) is 5.32 Å². The monoisotopic (exact) mass is 388 g/mol. The third-order valence-electron chi connectivity index (χ3n) is 3.82. The number of carbonyl (C=O) groups excluding carboxylic acids is 3. The fourth-order valence-electron chi connectivity index (χ4n) is 2.73. The van der Waals surface area contributed by atoms with E-state index < -0.39 is 29.1 Å². The maximum atomic E-state index is 13.7. The molecule has 0 spiro atoms. The molecule has 0 saturated carbocycles. The van der Waals surface area contributed by atoms with Crippen LogP contribution in [0, 0.1) is 5.13 Å². The van der Waals surface area contributed by atoms with Crippen LogP contribution in [-0.4, -0.2) is 33.6 Å². The molecule has 0 aromatic carbocycles. The van der Waals surface area contributed by atoms with Gasteiger partial charge in [0.2, 0.25) is 0 Å². The minimum absolute atomic E-state index is 0.00459. The summed E-state index contributed by atoms with van der Waals surface area (Å²) in [5.41, 5.74) is 1.70. The number of hydrogen-bond acceptors (Lipinski definition) is 6. The molecule has 2 aromatic rings. The van der Waals surface area contributed by atoms with Gasteiger partial charge in [-0.2, -0.15) is 4.39 Å². The fourth-order valence-corrected chi connectivity index (χ4v) is 3.51. The average Bonchev–Trinajstić information content (AvgIpc) is 3.11. The van der Waals surface area contributed by atoms with E-state index in [0.717, 1.165) is 17.1 Å². The largest absolute Gasteiger partial charge is 0.447 e. The number of hydrogen-bond donors (Lipinski definition) is 2. The first-order chi connectivity index (χ1) is 12.9. The number of halogens is 1. The van der Waals surface area contributed by atoms with Crippen molar-refractivity contribution in [1.29, 1.82) is 0 Å². The first-order valence-corrected chi connectivity index (χ1v) is 8.81. The molecule has 2 aromatic heterocycles. The predicted molar refractivity (Wildman–Crippen MR) is 95.9 cm³/mol. The number of alkyl carbamates (subject to hydrolysis) is 1. The zero-order valence-corrected chi connectivity index (χ0v) is 15.0. The molecule has 0 aliphatic carbocycles. The molecule has 138 valence electrons. The lowest BCUT2D eigenvalue weighted by Gasteiger charge is -2.08. The molecule has 4 heterocycles. The van der Waals surface area contributed by atoms with Crippen LogP contribution in [0.3, 0.4) is 0 Å². The van der Waals surface area contributed by atoms with E-state index in [1.54, 1.807) is 30.7 Å². The molecule has 2 N–H and O–H groups in total. The van der Waals surface area contributed by atoms with Gasteiger partial charge in [-0.15, -0.1) is 0 Å². The number of pyridine rings is 1. The van der Waals surface area contributed by atoms with Crippen LogP contribution in [-0.2, 0) is 4.74 Å². The SMILES string of the molecule is CC(C)OC(=O)NC(=O)c1cc(F)sc1NC(=O)c1c2c3cccnc3n1-2. The Balaban J connectivity index is 1.52. The van der Waals surface area contributed by atoms with Crippen LogP contribution in [0.4, 0.5) is 14.2 Å². The number of nitrogens with zero attached hydrogens (tertiary/aromatic N) is 2. The molecule has 2 aliphatic heterocycles. The number of nitrogens with one attached hydrogen (secondary N) is 2. The Kier molecular flexibility index (Phi) is 3.92. The molecule has 0 atom stereocenters. The van der Waals surface area contributed by atoms with Gasteiger partial charge in [-0.3, -0.25) is 19.5 Å². The molecule has 27 heavy (non-hydrogen) atoms. The molecule has 0 unspecified atom stereocenters. The molecular weight excluding hydrogens is 375 g/mol. The highest BCUT2D eigenvalue weighted by molar-refractivity contribution is 7.15. The standard InChI is InChI=1S/C17H13FN4O4S/c1-7(2)26-17(25)21-14(23)9-6-10(18)27-16(9)20-15(24)12-11-8-4-3-5-19-13(8)22(11)12/h3-7H,1-2H3,(H,20,24)(H,21,23,25). The highest BCUT2D eigenvalue weighted by atomic mass is 32.1. The number of imide groups is 1. The summed E-state index contributed by atoms with van der Waals surface area (Å²) < 4.78 is 20.2. The summed E-state index contributed by atoms with van der Waals surface area (Å²) in [6.45, 7) is 3.25. The summed E-state index contributed by atoms with van der Waals surface area (Å²) in [7, 11) is 0. The van der Waals surface area contributed by atoms with Gasteiger partial charge in [0.1, 0.15) is 16.3 Å². The number of anilines is 1. The van der Waals surface area contributed by atoms with Crippen molar-refractivity contribution < 1.29 is 23.5 Å². The molecule has 3 amide bonds. The lowest BCUT2D eigenvalue weighted by molar-refractivity contribution is 0.0877. The van der Waals surface area contributed by atoms with Crippen molar-refractivity contribution in [3.63, 3.8) is 0 Å². The number of thiophene rings is 1. The minimum Gasteiger partial charge on any atom is -0.447 e. The number of amides is 3. The quantitative estimate of drug-likeness (QED) is 0.559. The Hall–Kier alpha value is -3.27. The van der Waals surface area contributed by atoms with Crippen LogP contribution in [0.5, 0.6) is 0 Å². The Bertz CT molecular complexity index is 1080. The van der Waals surface area contributed by atoms with E-state index in [4.69, 9.17) is 4.74 Å². The Labute approximate surface area is 155 Å². The average molecular weight is 388 g/mol. The molecule has 0 radical (unpaired) electrons. The second-order valence-corrected chi connectivity index (χ2v) is 7.07. The number of ether oxygens (including phenoxy) is 1. The molecule has 0 bridgehead atoms. The minimum atomic E-state index is -0.948. The van der Waals surface area contributed by atoms with E-state index >= 15 is 0 Å². The summed E-state index contributed by atoms with van der Waals surface area (Å²) in [5, 5.41) is 4.73. The zero-order chi connectivity index (χ0) is 19.3. The van der Waals surface area contributed by atoms with E-state index in [0.29, 0.717) is 22.7 Å². The predicted octanol–water partition coefficient (Wildman–Crippen LogP) is 3.07. The van der Waals surface area contributed by atoms with Crippen LogP contribution in [0.1, 0.15) is 34.7 Å². The molecular formula is C17H13FN4O4S. The van der Waals surface area contributed by atoms with Gasteiger partial charge in [-0.25, -0.2) is 9.78 Å². The number of aromatic nitrogens is 2. The zero-order valence-electron chi connectivity index (χ0n) is 14.2. The summed E-state index contributed by atoms with van der Waals surface area (Å²) >= 11 is 0.596. The highest BCUT2D eigenvalue weighted by Gasteiger charge is 2.38. The van der Waals surface area contributed by atoms with E-state index in [-0.39, 0.29) is 10.6 Å². The number of rotatable bonds is 4. The third-order valence-corrected chi connectivity index (χ3v) is 4.66. The van der Waals surface area contributed by atoms with Gasteiger partial charge >= 0.3 is 6.09 Å². The van der Waals surface area contributed by atoms with Crippen molar-refractivity contribution >= 4 is 45.3 Å². The van der Waals surface area contributed by atoms with Crippen LogP contribution in [0.2, 0.25) is 0 Å². The van der Waals surface area contributed by atoms with Gasteiger partial charge in [-0.05, 0) is 26.0 Å². The Morgan fingerprint density at radius 1 is 1.30 bits per heavy atom. The second kappa shape index (κ2) is 6.16. The molecule has 2 aliphatic rings. The van der Waals surface area contributed by atoms with Gasteiger partial charge in [0, 0.05) is 17.6 Å². The smallest absolute Gasteiger partial charge is 0.414 e. The summed E-state index contributed by atoms with van der Waals surface area (Å²) in [4.78, 5) is 40.4. The lowest BCUT2D eigenvalue weighted by Crippen LogP contribution is -2.32. The van der Waals surface area contributed by atoms with Crippen LogP contribution >= 0.6 is 11.3 Å². The maximum Gasteiger partial charge on any atom is 0.414 e. The van der Waals surface area contributed by atoms with E-state index in [1.165, 1.54) is 0 Å². The summed E-state index contributed by atoms with van der Waals surface area (Å²) in [5.74, 6) is -1.35. The number of fused-ring (bicyclic) bond motifs is 4. The first kappa shape index (κ1) is 17.2. The van der Waals surface area contributed by atoms with Gasteiger partial charge < -0.3 is 10.1 Å². The Morgan fingerprint density at radius 2 is 2.07 bits per heavy atom. The van der Waals surface area contributed by atoms with Gasteiger partial charge in [-0.1, -0.05) is 11.3 Å². The first-order valence-electron chi connectivity index (χ1n) is 7.99. The third kappa shape index (κ3) is 2.93. The number of carbonyl (C=O) groups is 3. The highest BCUT2D eigenvalue weighted by Crippen LogP contribution is 2.44. The van der Waals surface area contributed by atoms with Crippen molar-refractivity contribution in [3.05, 3.63) is 40.8 Å². The van der Waals surface area contributed by atoms with Crippen LogP contribution < -0.4 is 10.6 Å². The molecule has 8 nitrogen and oxygen atoms in total. The van der Waals surface area contributed by atoms with E-state index in [9.17, 15) is 18.8 Å². The molecule has 4 rings (SSSR count). The summed E-state index contributed by atoms with van der Waals surface area (Å²) in [6, 6.07) is 4.57. The van der Waals surface area contributed by atoms with Crippen LogP contribution in [0.25, 0.3) is 16.7 Å². The normalized spacial score (nSPS) is 11.6. The molecule has 0 saturated heterocycles. The second-order valence-electron chi connectivity index (χ2n) is 6.06. The Morgan fingerprint density at radius 3 is 2.78 bits per heavy atom. The molecule has 10 heteroatoms.